The van der Waals surface area contributed by atoms with Crippen LogP contribution < -0.4 is 0 Å². The van der Waals surface area contributed by atoms with Gasteiger partial charge >= 0.3 is 7.82 Å². The Hall–Kier alpha value is -0.130. The average molecular weight is 599 g/mol. The summed E-state index contributed by atoms with van der Waals surface area (Å²) < 4.78 is 38.7. The standard InChI is InChI=1S/C29H59O10P/c1-4-5-6-7-8-9-10-11-12-13-14-15-16-17-18-19-20-37-22-24(35-2)23-38-40(33,34)39-29-26(36-3)21-25(30)27(31)28(29)32/h24-32H,4-23H2,1-3H3,(H,33,34)/t24-,25?,26?,27?,28?,29?/m1/s1. The molecule has 7 atom stereocenters. The SMILES string of the molecule is CCCCCCCCCCCCCCCCCCOC[C@H](COP(=O)(O)OC1C(OC)CC(O)C(O)C1O)OC. The predicted molar refractivity (Wildman–Crippen MR) is 155 cm³/mol. The van der Waals surface area contributed by atoms with Crippen LogP contribution >= 0.6 is 7.82 Å². The lowest BCUT2D eigenvalue weighted by atomic mass is 9.87. The Balaban J connectivity index is 2.04. The molecule has 1 aliphatic carbocycles. The van der Waals surface area contributed by atoms with Crippen molar-refractivity contribution < 1.29 is 48.0 Å². The molecule has 0 saturated heterocycles. The van der Waals surface area contributed by atoms with E-state index in [-0.39, 0.29) is 19.6 Å². The normalized spacial score (nSPS) is 25.6. The highest BCUT2D eigenvalue weighted by atomic mass is 31.2. The van der Waals surface area contributed by atoms with Gasteiger partial charge in [0.2, 0.25) is 0 Å². The van der Waals surface area contributed by atoms with E-state index in [0.717, 1.165) is 12.8 Å². The van der Waals surface area contributed by atoms with Gasteiger partial charge in [-0.25, -0.2) is 4.57 Å². The summed E-state index contributed by atoms with van der Waals surface area (Å²) in [7, 11) is -1.83. The molecule has 0 heterocycles. The molecule has 0 aromatic rings. The molecule has 0 amide bonds. The molecular formula is C29H59O10P. The van der Waals surface area contributed by atoms with Crippen LogP contribution in [0, 0.1) is 0 Å². The summed E-state index contributed by atoms with van der Waals surface area (Å²) >= 11 is 0. The number of aliphatic hydroxyl groups is 3. The summed E-state index contributed by atoms with van der Waals surface area (Å²) in [5.74, 6) is 0. The first-order chi connectivity index (χ1) is 19.3. The van der Waals surface area contributed by atoms with Crippen molar-refractivity contribution in [2.24, 2.45) is 0 Å². The van der Waals surface area contributed by atoms with Crippen LogP contribution in [0.1, 0.15) is 116 Å². The lowest BCUT2D eigenvalue weighted by Crippen LogP contribution is -2.57. The summed E-state index contributed by atoms with van der Waals surface area (Å²) in [5, 5.41) is 29.8. The van der Waals surface area contributed by atoms with E-state index in [1.54, 1.807) is 0 Å². The van der Waals surface area contributed by atoms with Gasteiger partial charge in [0.1, 0.15) is 24.4 Å². The highest BCUT2D eigenvalue weighted by Gasteiger charge is 2.47. The molecule has 0 spiro atoms. The van der Waals surface area contributed by atoms with E-state index >= 15 is 0 Å². The molecule has 240 valence electrons. The van der Waals surface area contributed by atoms with Crippen LogP contribution in [0.4, 0.5) is 0 Å². The fraction of sp³-hybridized carbons (Fsp3) is 1.00. The van der Waals surface area contributed by atoms with Gasteiger partial charge in [-0.3, -0.25) is 9.05 Å². The van der Waals surface area contributed by atoms with E-state index in [1.807, 2.05) is 0 Å². The maximum atomic E-state index is 12.4. The quantitative estimate of drug-likeness (QED) is 0.0766. The summed E-state index contributed by atoms with van der Waals surface area (Å²) in [5.41, 5.74) is 0. The molecule has 11 heteroatoms. The molecule has 10 nitrogen and oxygen atoms in total. The van der Waals surface area contributed by atoms with Crippen molar-refractivity contribution in [1.29, 1.82) is 0 Å². The Morgan fingerprint density at radius 1 is 0.750 bits per heavy atom. The van der Waals surface area contributed by atoms with E-state index < -0.39 is 44.4 Å². The third-order valence-corrected chi connectivity index (χ3v) is 8.67. The molecule has 40 heavy (non-hydrogen) atoms. The first kappa shape index (κ1) is 37.9. The van der Waals surface area contributed by atoms with E-state index in [9.17, 15) is 24.8 Å². The van der Waals surface area contributed by atoms with Crippen LogP contribution in [0.15, 0.2) is 0 Å². The maximum absolute atomic E-state index is 12.4. The van der Waals surface area contributed by atoms with Gasteiger partial charge in [-0.2, -0.15) is 0 Å². The third-order valence-electron chi connectivity index (χ3n) is 7.68. The molecule has 1 saturated carbocycles. The smallest absolute Gasteiger partial charge is 0.390 e. The molecule has 0 radical (unpaired) electrons. The number of unbranched alkanes of at least 4 members (excludes halogenated alkanes) is 15. The van der Waals surface area contributed by atoms with Gasteiger partial charge in [-0.1, -0.05) is 103 Å². The molecule has 1 rings (SSSR count). The highest BCUT2D eigenvalue weighted by Crippen LogP contribution is 2.47. The maximum Gasteiger partial charge on any atom is 0.472 e. The van der Waals surface area contributed by atoms with Crippen molar-refractivity contribution in [1.82, 2.24) is 0 Å². The van der Waals surface area contributed by atoms with Gasteiger partial charge < -0.3 is 34.4 Å². The molecule has 0 aromatic carbocycles. The van der Waals surface area contributed by atoms with Gasteiger partial charge in [0.25, 0.3) is 0 Å². The monoisotopic (exact) mass is 598 g/mol. The molecule has 1 fully saturated rings. The van der Waals surface area contributed by atoms with Crippen molar-refractivity contribution in [3.63, 3.8) is 0 Å². The van der Waals surface area contributed by atoms with E-state index in [2.05, 4.69) is 6.92 Å². The Morgan fingerprint density at radius 2 is 1.25 bits per heavy atom. The van der Waals surface area contributed by atoms with E-state index in [4.69, 9.17) is 23.3 Å². The minimum atomic E-state index is -4.61. The number of phosphoric ester groups is 1. The van der Waals surface area contributed by atoms with Crippen molar-refractivity contribution in [2.45, 2.75) is 153 Å². The second kappa shape index (κ2) is 23.3. The first-order valence-corrected chi connectivity index (χ1v) is 17.1. The Morgan fingerprint density at radius 3 is 1.73 bits per heavy atom. The number of hydrogen-bond acceptors (Lipinski definition) is 9. The average Bonchev–Trinajstić information content (AvgIpc) is 2.94. The van der Waals surface area contributed by atoms with Gasteiger partial charge in [0, 0.05) is 27.2 Å². The second-order valence-corrected chi connectivity index (χ2v) is 12.5. The van der Waals surface area contributed by atoms with Crippen molar-refractivity contribution >= 4 is 7.82 Å². The number of ether oxygens (including phenoxy) is 3. The fourth-order valence-electron chi connectivity index (χ4n) is 5.03. The van der Waals surface area contributed by atoms with Crippen molar-refractivity contribution in [2.75, 3.05) is 34.0 Å². The Kier molecular flexibility index (Phi) is 22.1. The predicted octanol–water partition coefficient (Wildman–Crippen LogP) is 5.28. The number of rotatable bonds is 26. The number of hydrogen-bond donors (Lipinski definition) is 4. The van der Waals surface area contributed by atoms with Crippen molar-refractivity contribution in [3.8, 4) is 0 Å². The number of aliphatic hydroxyl groups excluding tert-OH is 3. The summed E-state index contributed by atoms with van der Waals surface area (Å²) in [6, 6.07) is 0. The van der Waals surface area contributed by atoms with Gasteiger partial charge in [-0.05, 0) is 6.42 Å². The third kappa shape index (κ3) is 17.1. The summed E-state index contributed by atoms with van der Waals surface area (Å²) in [4.78, 5) is 10.1. The minimum Gasteiger partial charge on any atom is -0.390 e. The molecule has 1 aliphatic rings. The van der Waals surface area contributed by atoms with E-state index in [1.165, 1.54) is 104 Å². The fourth-order valence-corrected chi connectivity index (χ4v) is 6.01. The highest BCUT2D eigenvalue weighted by molar-refractivity contribution is 7.47. The summed E-state index contributed by atoms with van der Waals surface area (Å²) in [6.07, 6.45) is 13.7. The van der Waals surface area contributed by atoms with Crippen LogP contribution in [0.3, 0.4) is 0 Å². The zero-order valence-electron chi connectivity index (χ0n) is 25.3. The van der Waals surface area contributed by atoms with E-state index in [0.29, 0.717) is 6.61 Å². The number of phosphoric acid groups is 1. The number of methoxy groups -OCH3 is 2. The molecule has 0 aromatic heterocycles. The summed E-state index contributed by atoms with van der Waals surface area (Å²) in [6.45, 7) is 2.79. The zero-order valence-corrected chi connectivity index (χ0v) is 26.2. The lowest BCUT2D eigenvalue weighted by molar-refractivity contribution is -0.180. The van der Waals surface area contributed by atoms with Crippen LogP contribution in [0.5, 0.6) is 0 Å². The Labute approximate surface area is 242 Å². The first-order valence-electron chi connectivity index (χ1n) is 15.6. The lowest BCUT2D eigenvalue weighted by Gasteiger charge is -2.40. The largest absolute Gasteiger partial charge is 0.472 e. The van der Waals surface area contributed by atoms with Gasteiger partial charge in [0.05, 0.1) is 25.4 Å². The van der Waals surface area contributed by atoms with Gasteiger partial charge in [0.15, 0.2) is 0 Å². The van der Waals surface area contributed by atoms with Crippen LogP contribution in [-0.4, -0.2) is 90.9 Å². The zero-order chi connectivity index (χ0) is 29.6. The molecular weight excluding hydrogens is 539 g/mol. The van der Waals surface area contributed by atoms with Crippen molar-refractivity contribution in [3.05, 3.63) is 0 Å². The van der Waals surface area contributed by atoms with Crippen LogP contribution in [-0.2, 0) is 27.8 Å². The van der Waals surface area contributed by atoms with Crippen LogP contribution in [0.2, 0.25) is 0 Å². The minimum absolute atomic E-state index is 0.0622. The van der Waals surface area contributed by atoms with Gasteiger partial charge in [-0.15, -0.1) is 0 Å². The molecule has 0 bridgehead atoms. The molecule has 4 N–H and O–H groups in total. The topological polar surface area (TPSA) is 144 Å². The van der Waals surface area contributed by atoms with Crippen LogP contribution in [0.25, 0.3) is 0 Å². The Bertz CT molecular complexity index is 638. The second-order valence-electron chi connectivity index (χ2n) is 11.1. The molecule has 6 unspecified atom stereocenters. The molecule has 0 aliphatic heterocycles.